The number of ether oxygens (including phenoxy) is 1. The monoisotopic (exact) mass is 285 g/mol. The summed E-state index contributed by atoms with van der Waals surface area (Å²) >= 11 is 1.40. The van der Waals surface area contributed by atoms with Crippen molar-refractivity contribution in [3.8, 4) is 0 Å². The van der Waals surface area contributed by atoms with Gasteiger partial charge >= 0.3 is 0 Å². The van der Waals surface area contributed by atoms with Gasteiger partial charge in [0.2, 0.25) is 0 Å². The molecule has 0 saturated carbocycles. The van der Waals surface area contributed by atoms with Crippen molar-refractivity contribution in [2.24, 2.45) is 5.73 Å². The Bertz CT molecular complexity index is 445. The molecule has 0 aliphatic rings. The second-order valence-electron chi connectivity index (χ2n) is 3.83. The number of aryl methyl sites for hydroxylation is 1. The topological polar surface area (TPSA) is 93.5 Å². The highest BCUT2D eigenvalue weighted by molar-refractivity contribution is 7.16. The van der Waals surface area contributed by atoms with Crippen LogP contribution in [0.4, 0.5) is 5.00 Å². The normalized spacial score (nSPS) is 10.3. The van der Waals surface area contributed by atoms with Crippen LogP contribution < -0.4 is 16.4 Å². The van der Waals surface area contributed by atoms with E-state index < -0.39 is 0 Å². The highest BCUT2D eigenvalue weighted by atomic mass is 32.1. The highest BCUT2D eigenvalue weighted by Crippen LogP contribution is 2.28. The third-order valence-corrected chi connectivity index (χ3v) is 3.53. The molecule has 4 N–H and O–H groups in total. The highest BCUT2D eigenvalue weighted by Gasteiger charge is 2.17. The molecule has 0 radical (unpaired) electrons. The molecule has 0 atom stereocenters. The second-order valence-corrected chi connectivity index (χ2v) is 4.97. The Morgan fingerprint density at radius 1 is 1.47 bits per heavy atom. The van der Waals surface area contributed by atoms with Crippen molar-refractivity contribution in [3.63, 3.8) is 0 Å². The minimum Gasteiger partial charge on any atom is -0.375 e. The van der Waals surface area contributed by atoms with E-state index in [-0.39, 0.29) is 18.4 Å². The standard InChI is InChI=1S/C12H19N3O3S/c1-3-8-6-9(11(17)14-5-4-13)12(19-8)15-10(16)7-18-2/h6H,3-5,7,13H2,1-2H3,(H,14,17)(H,15,16). The van der Waals surface area contributed by atoms with Gasteiger partial charge in [-0.05, 0) is 12.5 Å². The molecule has 19 heavy (non-hydrogen) atoms. The Morgan fingerprint density at radius 3 is 2.79 bits per heavy atom. The number of nitrogens with one attached hydrogen (secondary N) is 2. The van der Waals surface area contributed by atoms with E-state index in [1.807, 2.05) is 6.92 Å². The van der Waals surface area contributed by atoms with E-state index in [4.69, 9.17) is 10.5 Å². The summed E-state index contributed by atoms with van der Waals surface area (Å²) in [5, 5.41) is 5.93. The van der Waals surface area contributed by atoms with Gasteiger partial charge in [0.25, 0.3) is 11.8 Å². The van der Waals surface area contributed by atoms with E-state index >= 15 is 0 Å². The molecule has 0 aliphatic carbocycles. The lowest BCUT2D eigenvalue weighted by atomic mass is 10.2. The molecular weight excluding hydrogens is 266 g/mol. The molecule has 0 saturated heterocycles. The van der Waals surface area contributed by atoms with Gasteiger partial charge in [0.15, 0.2) is 0 Å². The molecule has 0 unspecified atom stereocenters. The molecule has 0 bridgehead atoms. The number of carbonyl (C=O) groups excluding carboxylic acids is 2. The lowest BCUT2D eigenvalue weighted by Gasteiger charge is -2.06. The first-order valence-corrected chi connectivity index (χ1v) is 6.83. The Balaban J connectivity index is 2.86. The van der Waals surface area contributed by atoms with Gasteiger partial charge in [-0.25, -0.2) is 0 Å². The number of hydrogen-bond donors (Lipinski definition) is 3. The second kappa shape index (κ2) is 7.88. The van der Waals surface area contributed by atoms with Crippen LogP contribution in [0.5, 0.6) is 0 Å². The van der Waals surface area contributed by atoms with E-state index in [0.717, 1.165) is 11.3 Å². The van der Waals surface area contributed by atoms with E-state index in [2.05, 4.69) is 10.6 Å². The number of thiophene rings is 1. The van der Waals surface area contributed by atoms with Crippen LogP contribution in [0.2, 0.25) is 0 Å². The fraction of sp³-hybridized carbons (Fsp3) is 0.500. The summed E-state index contributed by atoms with van der Waals surface area (Å²) in [4.78, 5) is 24.5. The molecule has 2 amide bonds. The minimum atomic E-state index is -0.278. The van der Waals surface area contributed by atoms with Crippen molar-refractivity contribution in [2.75, 3.05) is 32.1 Å². The van der Waals surface area contributed by atoms with Gasteiger partial charge in [-0.2, -0.15) is 0 Å². The number of rotatable bonds is 7. The van der Waals surface area contributed by atoms with E-state index in [1.54, 1.807) is 6.07 Å². The Kier molecular flexibility index (Phi) is 6.48. The first-order valence-electron chi connectivity index (χ1n) is 6.02. The van der Waals surface area contributed by atoms with Crippen LogP contribution in [-0.2, 0) is 16.0 Å². The van der Waals surface area contributed by atoms with Crippen molar-refractivity contribution >= 4 is 28.2 Å². The average molecular weight is 285 g/mol. The van der Waals surface area contributed by atoms with Crippen molar-refractivity contribution in [3.05, 3.63) is 16.5 Å². The fourth-order valence-electron chi connectivity index (χ4n) is 1.45. The molecule has 0 aliphatic heterocycles. The number of amides is 2. The van der Waals surface area contributed by atoms with Crippen LogP contribution in [0.3, 0.4) is 0 Å². The van der Waals surface area contributed by atoms with Crippen LogP contribution in [-0.4, -0.2) is 38.6 Å². The maximum atomic E-state index is 12.0. The van der Waals surface area contributed by atoms with Crippen molar-refractivity contribution in [2.45, 2.75) is 13.3 Å². The molecule has 0 spiro atoms. The summed E-state index contributed by atoms with van der Waals surface area (Å²) in [5.41, 5.74) is 5.82. The molecule has 106 valence electrons. The maximum absolute atomic E-state index is 12.0. The van der Waals surface area contributed by atoms with Crippen molar-refractivity contribution in [1.82, 2.24) is 5.32 Å². The van der Waals surface area contributed by atoms with Gasteiger partial charge in [-0.1, -0.05) is 6.92 Å². The molecule has 1 aromatic heterocycles. The van der Waals surface area contributed by atoms with Crippen LogP contribution in [0.25, 0.3) is 0 Å². The average Bonchev–Trinajstić information content (AvgIpc) is 2.79. The predicted octanol–water partition coefficient (Wildman–Crippen LogP) is 0.584. The Labute approximate surface area is 116 Å². The number of methoxy groups -OCH3 is 1. The van der Waals surface area contributed by atoms with Gasteiger partial charge in [0, 0.05) is 25.1 Å². The number of carbonyl (C=O) groups is 2. The third kappa shape index (κ3) is 4.62. The molecule has 0 fully saturated rings. The smallest absolute Gasteiger partial charge is 0.254 e. The van der Waals surface area contributed by atoms with E-state index in [9.17, 15) is 9.59 Å². The first-order chi connectivity index (χ1) is 9.12. The van der Waals surface area contributed by atoms with Gasteiger partial charge < -0.3 is 21.1 Å². The largest absolute Gasteiger partial charge is 0.375 e. The van der Waals surface area contributed by atoms with Gasteiger partial charge in [0.05, 0.1) is 5.56 Å². The lowest BCUT2D eigenvalue weighted by Crippen LogP contribution is -2.29. The predicted molar refractivity (Wildman–Crippen MR) is 75.6 cm³/mol. The Morgan fingerprint density at radius 2 is 2.21 bits per heavy atom. The summed E-state index contributed by atoms with van der Waals surface area (Å²) in [7, 11) is 1.44. The summed E-state index contributed by atoms with van der Waals surface area (Å²) in [6.07, 6.45) is 0.808. The summed E-state index contributed by atoms with van der Waals surface area (Å²) in [5.74, 6) is -0.506. The summed E-state index contributed by atoms with van der Waals surface area (Å²) in [6.45, 7) is 2.74. The molecule has 1 rings (SSSR count). The zero-order valence-electron chi connectivity index (χ0n) is 11.1. The van der Waals surface area contributed by atoms with Crippen molar-refractivity contribution < 1.29 is 14.3 Å². The molecule has 1 heterocycles. The SMILES string of the molecule is CCc1cc(C(=O)NCCN)c(NC(=O)COC)s1. The zero-order chi connectivity index (χ0) is 14.3. The van der Waals surface area contributed by atoms with Gasteiger partial charge in [-0.15, -0.1) is 11.3 Å². The molecule has 7 heteroatoms. The first kappa shape index (κ1) is 15.6. The fourth-order valence-corrected chi connectivity index (χ4v) is 2.46. The van der Waals surface area contributed by atoms with Gasteiger partial charge in [0.1, 0.15) is 11.6 Å². The van der Waals surface area contributed by atoms with Crippen LogP contribution >= 0.6 is 11.3 Å². The summed E-state index contributed by atoms with van der Waals surface area (Å²) in [6, 6.07) is 1.79. The maximum Gasteiger partial charge on any atom is 0.254 e. The van der Waals surface area contributed by atoms with Crippen LogP contribution in [0.15, 0.2) is 6.07 Å². The molecule has 0 aromatic carbocycles. The summed E-state index contributed by atoms with van der Waals surface area (Å²) < 4.78 is 4.75. The van der Waals surface area contributed by atoms with Gasteiger partial charge in [-0.3, -0.25) is 9.59 Å². The van der Waals surface area contributed by atoms with Crippen molar-refractivity contribution in [1.29, 1.82) is 0 Å². The number of hydrogen-bond acceptors (Lipinski definition) is 5. The van der Waals surface area contributed by atoms with Crippen LogP contribution in [0, 0.1) is 0 Å². The van der Waals surface area contributed by atoms with E-state index in [1.165, 1.54) is 18.4 Å². The molecule has 1 aromatic rings. The number of anilines is 1. The lowest BCUT2D eigenvalue weighted by molar-refractivity contribution is -0.119. The number of nitrogens with two attached hydrogens (primary N) is 1. The van der Waals surface area contributed by atoms with Crippen LogP contribution in [0.1, 0.15) is 22.2 Å². The third-order valence-electron chi connectivity index (χ3n) is 2.33. The Hall–Kier alpha value is -1.44. The molecule has 6 nitrogen and oxygen atoms in total. The quantitative estimate of drug-likeness (QED) is 0.683. The molecular formula is C12H19N3O3S. The zero-order valence-corrected chi connectivity index (χ0v) is 11.9. The van der Waals surface area contributed by atoms with E-state index in [0.29, 0.717) is 23.7 Å². The minimum absolute atomic E-state index is 0.0385.